The van der Waals surface area contributed by atoms with Crippen molar-refractivity contribution in [3.63, 3.8) is 0 Å². The van der Waals surface area contributed by atoms with Crippen molar-refractivity contribution in [3.05, 3.63) is 34.9 Å². The molecule has 1 aliphatic heterocycles. The first-order valence-electron chi connectivity index (χ1n) is 9.62. The number of carbonyl (C=O) groups is 1. The predicted octanol–water partition coefficient (Wildman–Crippen LogP) is 4.66. The second-order valence-electron chi connectivity index (χ2n) is 9.54. The van der Waals surface area contributed by atoms with Crippen molar-refractivity contribution < 1.29 is 13.7 Å². The highest BCUT2D eigenvalue weighted by Crippen LogP contribution is 2.35. The fourth-order valence-corrected chi connectivity index (χ4v) is 4.93. The highest BCUT2D eigenvalue weighted by molar-refractivity contribution is 7.84. The van der Waals surface area contributed by atoms with Crippen LogP contribution in [0.2, 0.25) is 5.02 Å². The number of benzene rings is 1. The van der Waals surface area contributed by atoms with Gasteiger partial charge in [-0.05, 0) is 72.1 Å². The number of likely N-dealkylation sites (tertiary alicyclic amines) is 1. The number of carbonyl (C=O) groups excluding carboxylic acids is 1. The van der Waals surface area contributed by atoms with Crippen LogP contribution in [0.3, 0.4) is 0 Å². The normalized spacial score (nSPS) is 21.8. The van der Waals surface area contributed by atoms with Crippen molar-refractivity contribution in [2.24, 2.45) is 0 Å². The molecule has 2 atom stereocenters. The van der Waals surface area contributed by atoms with Gasteiger partial charge >= 0.3 is 6.09 Å². The molecule has 1 aromatic rings. The van der Waals surface area contributed by atoms with Gasteiger partial charge in [-0.3, -0.25) is 0 Å². The summed E-state index contributed by atoms with van der Waals surface area (Å²) in [5.41, 5.74) is 0.134. The molecule has 0 N–H and O–H groups in total. The SMILES string of the molecule is CN(S(=O)C(C)(C)C)C1(Cc2ccc(Cl)cc2)CCN(C(=O)OC(C)(C)C)C1. The van der Waals surface area contributed by atoms with Crippen LogP contribution in [-0.4, -0.2) is 55.5 Å². The first-order chi connectivity index (χ1) is 12.7. The molecule has 2 rings (SSSR count). The molecule has 0 saturated carbocycles. The van der Waals surface area contributed by atoms with Crippen LogP contribution in [0.25, 0.3) is 0 Å². The van der Waals surface area contributed by atoms with Crippen LogP contribution in [0, 0.1) is 0 Å². The second kappa shape index (κ2) is 8.33. The number of amides is 1. The first-order valence-corrected chi connectivity index (χ1v) is 11.1. The van der Waals surface area contributed by atoms with Crippen molar-refractivity contribution in [1.29, 1.82) is 0 Å². The van der Waals surface area contributed by atoms with E-state index in [9.17, 15) is 9.00 Å². The highest BCUT2D eigenvalue weighted by Gasteiger charge is 2.47. The summed E-state index contributed by atoms with van der Waals surface area (Å²) in [5.74, 6) is 0. The predicted molar refractivity (Wildman–Crippen MR) is 116 cm³/mol. The van der Waals surface area contributed by atoms with Crippen LogP contribution >= 0.6 is 11.6 Å². The lowest BCUT2D eigenvalue weighted by Gasteiger charge is -2.41. The molecule has 1 saturated heterocycles. The largest absolute Gasteiger partial charge is 0.444 e. The second-order valence-corrected chi connectivity index (χ2v) is 12.2. The van der Waals surface area contributed by atoms with Crippen LogP contribution in [-0.2, 0) is 22.1 Å². The number of rotatable bonds is 4. The molecule has 7 heteroatoms. The van der Waals surface area contributed by atoms with Crippen LogP contribution in [0.15, 0.2) is 24.3 Å². The van der Waals surface area contributed by atoms with Gasteiger partial charge in [0.15, 0.2) is 0 Å². The smallest absolute Gasteiger partial charge is 0.410 e. The Balaban J connectivity index is 2.31. The Labute approximate surface area is 177 Å². The summed E-state index contributed by atoms with van der Waals surface area (Å²) < 4.78 is 20.3. The minimum Gasteiger partial charge on any atom is -0.444 e. The van der Waals surface area contributed by atoms with E-state index in [4.69, 9.17) is 16.3 Å². The minimum absolute atomic E-state index is 0.319. The van der Waals surface area contributed by atoms with Crippen molar-refractivity contribution >= 4 is 28.7 Å². The average molecular weight is 429 g/mol. The zero-order chi connectivity index (χ0) is 21.3. The Bertz CT molecular complexity index is 725. The zero-order valence-electron chi connectivity index (χ0n) is 18.0. The quantitative estimate of drug-likeness (QED) is 0.700. The Morgan fingerprint density at radius 2 is 1.79 bits per heavy atom. The van der Waals surface area contributed by atoms with Gasteiger partial charge in [0.05, 0.1) is 10.3 Å². The van der Waals surface area contributed by atoms with E-state index in [-0.39, 0.29) is 10.8 Å². The summed E-state index contributed by atoms with van der Waals surface area (Å²) in [6.07, 6.45) is 1.09. The van der Waals surface area contributed by atoms with Gasteiger partial charge in [0.2, 0.25) is 0 Å². The van der Waals surface area contributed by atoms with E-state index < -0.39 is 22.1 Å². The Morgan fingerprint density at radius 1 is 1.21 bits per heavy atom. The van der Waals surface area contributed by atoms with Gasteiger partial charge in [-0.15, -0.1) is 0 Å². The highest BCUT2D eigenvalue weighted by atomic mass is 35.5. The summed E-state index contributed by atoms with van der Waals surface area (Å²) >= 11 is 6.03. The molecule has 1 heterocycles. The topological polar surface area (TPSA) is 49.9 Å². The Morgan fingerprint density at radius 3 is 2.29 bits per heavy atom. The summed E-state index contributed by atoms with van der Waals surface area (Å²) in [6, 6.07) is 7.72. The average Bonchev–Trinajstić information content (AvgIpc) is 2.99. The third kappa shape index (κ3) is 5.71. The van der Waals surface area contributed by atoms with Crippen LogP contribution < -0.4 is 0 Å². The molecule has 0 bridgehead atoms. The molecular formula is C21H33ClN2O3S. The van der Waals surface area contributed by atoms with E-state index >= 15 is 0 Å². The third-order valence-electron chi connectivity index (χ3n) is 4.87. The van der Waals surface area contributed by atoms with Crippen LogP contribution in [0.1, 0.15) is 53.5 Å². The molecule has 28 heavy (non-hydrogen) atoms. The maximum atomic E-state index is 13.2. The van der Waals surface area contributed by atoms with E-state index in [0.717, 1.165) is 12.0 Å². The molecule has 0 aromatic heterocycles. The molecule has 0 aliphatic carbocycles. The number of nitrogens with zero attached hydrogens (tertiary/aromatic N) is 2. The van der Waals surface area contributed by atoms with Gasteiger partial charge in [-0.2, -0.15) is 0 Å². The fraction of sp³-hybridized carbons (Fsp3) is 0.667. The lowest BCUT2D eigenvalue weighted by Crippen LogP contribution is -2.54. The Hall–Kier alpha value is -1.11. The van der Waals surface area contributed by atoms with E-state index in [1.807, 2.05) is 77.2 Å². The number of halogens is 1. The maximum Gasteiger partial charge on any atom is 0.410 e. The standard InChI is InChI=1S/C21H33ClN2O3S/c1-19(2,3)27-18(25)24-13-12-21(15-24,23(7)28(26)20(4,5)6)14-16-8-10-17(22)11-9-16/h8-11H,12-15H2,1-7H3. The number of hydrogen-bond acceptors (Lipinski definition) is 3. The van der Waals surface area contributed by atoms with Crippen molar-refractivity contribution in [2.45, 2.75) is 70.3 Å². The van der Waals surface area contributed by atoms with E-state index in [0.29, 0.717) is 24.5 Å². The maximum absolute atomic E-state index is 13.2. The third-order valence-corrected chi connectivity index (χ3v) is 7.06. The first kappa shape index (κ1) is 23.2. The van der Waals surface area contributed by atoms with E-state index in [1.165, 1.54) is 0 Å². The monoisotopic (exact) mass is 428 g/mol. The van der Waals surface area contributed by atoms with Gasteiger partial charge in [-0.1, -0.05) is 23.7 Å². The van der Waals surface area contributed by atoms with E-state index in [1.54, 1.807) is 4.90 Å². The molecule has 0 radical (unpaired) electrons. The summed E-state index contributed by atoms with van der Waals surface area (Å²) in [6.45, 7) is 12.5. The molecule has 2 unspecified atom stereocenters. The van der Waals surface area contributed by atoms with Gasteiger partial charge in [-0.25, -0.2) is 13.3 Å². The van der Waals surface area contributed by atoms with Gasteiger partial charge < -0.3 is 9.64 Å². The summed E-state index contributed by atoms with van der Waals surface area (Å²) in [7, 11) is 0.691. The van der Waals surface area contributed by atoms with E-state index in [2.05, 4.69) is 0 Å². The molecule has 158 valence electrons. The summed E-state index contributed by atoms with van der Waals surface area (Å²) in [4.78, 5) is 14.4. The van der Waals surface area contributed by atoms with Crippen molar-refractivity contribution in [2.75, 3.05) is 20.1 Å². The lowest BCUT2D eigenvalue weighted by atomic mass is 9.90. The molecule has 0 spiro atoms. The van der Waals surface area contributed by atoms with Crippen molar-refractivity contribution in [1.82, 2.24) is 9.21 Å². The molecule has 5 nitrogen and oxygen atoms in total. The van der Waals surface area contributed by atoms with Crippen LogP contribution in [0.5, 0.6) is 0 Å². The van der Waals surface area contributed by atoms with Gasteiger partial charge in [0, 0.05) is 25.2 Å². The van der Waals surface area contributed by atoms with Crippen LogP contribution in [0.4, 0.5) is 4.79 Å². The fourth-order valence-electron chi connectivity index (χ4n) is 3.42. The molecule has 1 aromatic carbocycles. The molecule has 1 amide bonds. The summed E-state index contributed by atoms with van der Waals surface area (Å²) in [5, 5.41) is 0.686. The molecule has 1 fully saturated rings. The number of likely N-dealkylation sites (N-methyl/N-ethyl adjacent to an activating group) is 1. The van der Waals surface area contributed by atoms with Gasteiger partial charge in [0.1, 0.15) is 16.6 Å². The van der Waals surface area contributed by atoms with Crippen molar-refractivity contribution in [3.8, 4) is 0 Å². The zero-order valence-corrected chi connectivity index (χ0v) is 19.6. The van der Waals surface area contributed by atoms with Gasteiger partial charge in [0.25, 0.3) is 0 Å². The number of ether oxygens (including phenoxy) is 1. The lowest BCUT2D eigenvalue weighted by molar-refractivity contribution is 0.0271. The Kier molecular flexibility index (Phi) is 6.89. The minimum atomic E-state index is -1.21. The molecule has 1 aliphatic rings. The number of hydrogen-bond donors (Lipinski definition) is 0. The molecular weight excluding hydrogens is 396 g/mol.